The zero-order valence-electron chi connectivity index (χ0n) is 22.2. The lowest BCUT2D eigenvalue weighted by atomic mass is 10.0. The van der Waals surface area contributed by atoms with Gasteiger partial charge in [-0.25, -0.2) is 0 Å². The largest absolute Gasteiger partial charge is 0.388 e. The fraction of sp³-hybridized carbons (Fsp3) is 0.556. The van der Waals surface area contributed by atoms with E-state index >= 15 is 0 Å². The maximum absolute atomic E-state index is 12.3. The van der Waals surface area contributed by atoms with Crippen LogP contribution in [0, 0.1) is 11.3 Å². The van der Waals surface area contributed by atoms with Gasteiger partial charge in [-0.05, 0) is 26.0 Å². The number of carbonyl (C=O) groups is 1. The molecule has 1 aliphatic carbocycles. The van der Waals surface area contributed by atoms with Crippen LogP contribution in [-0.4, -0.2) is 58.0 Å². The third kappa shape index (κ3) is 16.8. The van der Waals surface area contributed by atoms with Crippen molar-refractivity contribution in [2.45, 2.75) is 59.8 Å². The molecule has 1 unspecified atom stereocenters. The van der Waals surface area contributed by atoms with Crippen molar-refractivity contribution < 1.29 is 9.53 Å². The number of ether oxygens (including phenoxy) is 1. The van der Waals surface area contributed by atoms with Crippen LogP contribution in [0.2, 0.25) is 0 Å². The average Bonchev–Trinajstić information content (AvgIpc) is 2.88. The van der Waals surface area contributed by atoms with Crippen molar-refractivity contribution in [2.75, 3.05) is 33.9 Å². The van der Waals surface area contributed by atoms with Gasteiger partial charge >= 0.3 is 0 Å². The molecule has 1 rings (SSSR count). The van der Waals surface area contributed by atoms with Crippen LogP contribution in [0.3, 0.4) is 0 Å². The molecule has 0 aromatic carbocycles. The van der Waals surface area contributed by atoms with Crippen molar-refractivity contribution in [3.8, 4) is 0 Å². The maximum atomic E-state index is 12.3. The molecule has 0 spiro atoms. The minimum atomic E-state index is -0.212. The van der Waals surface area contributed by atoms with Gasteiger partial charge in [0.2, 0.25) is 0 Å². The van der Waals surface area contributed by atoms with Gasteiger partial charge in [-0.15, -0.1) is 0 Å². The molecule has 7 heteroatoms. The van der Waals surface area contributed by atoms with Crippen LogP contribution in [0.15, 0.2) is 58.2 Å². The predicted octanol–water partition coefficient (Wildman–Crippen LogP) is 5.27. The van der Waals surface area contributed by atoms with E-state index in [1.807, 2.05) is 26.0 Å². The Bertz CT molecular complexity index is 706. The predicted molar refractivity (Wildman–Crippen MR) is 148 cm³/mol. The van der Waals surface area contributed by atoms with Gasteiger partial charge in [-0.1, -0.05) is 70.2 Å². The second-order valence-electron chi connectivity index (χ2n) is 7.01. The Kier molecular flexibility index (Phi) is 24.4. The number of aliphatic imine (C=N–C) groups is 2. The van der Waals surface area contributed by atoms with Gasteiger partial charge in [0.1, 0.15) is 12.4 Å². The third-order valence-electron chi connectivity index (χ3n) is 4.56. The van der Waals surface area contributed by atoms with E-state index in [1.54, 1.807) is 14.1 Å². The van der Waals surface area contributed by atoms with Crippen molar-refractivity contribution in [2.24, 2.45) is 15.9 Å². The number of amides is 1. The summed E-state index contributed by atoms with van der Waals surface area (Å²) in [4.78, 5) is 20.8. The molecule has 0 heterocycles. The Labute approximate surface area is 207 Å². The average molecular weight is 474 g/mol. The van der Waals surface area contributed by atoms with Crippen molar-refractivity contribution in [1.29, 1.82) is 5.41 Å². The molecule has 1 atom stereocenters. The second kappa shape index (κ2) is 24.8. The number of amidine groups is 1. The summed E-state index contributed by atoms with van der Waals surface area (Å²) in [5.41, 5.74) is 1.97. The molecule has 34 heavy (non-hydrogen) atoms. The summed E-state index contributed by atoms with van der Waals surface area (Å²) in [6, 6.07) is 0. The third-order valence-corrected chi connectivity index (χ3v) is 4.56. The van der Waals surface area contributed by atoms with E-state index in [1.165, 1.54) is 5.70 Å². The van der Waals surface area contributed by atoms with Gasteiger partial charge in [-0.2, -0.15) is 0 Å². The Hall–Kier alpha value is -2.80. The Balaban J connectivity index is 0. The topological polar surface area (TPSA) is 98.9 Å². The van der Waals surface area contributed by atoms with E-state index < -0.39 is 0 Å². The highest BCUT2D eigenvalue weighted by Crippen LogP contribution is 2.11. The first-order chi connectivity index (χ1) is 16.6. The number of nitrogens with zero attached hydrogens (tertiary/aromatic N) is 2. The summed E-state index contributed by atoms with van der Waals surface area (Å²) in [5, 5.41) is 11.8. The van der Waals surface area contributed by atoms with Crippen molar-refractivity contribution in [1.82, 2.24) is 10.6 Å². The first kappa shape index (κ1) is 33.4. The minimum Gasteiger partial charge on any atom is -0.388 e. The molecule has 0 fully saturated rings. The lowest BCUT2D eigenvalue weighted by molar-refractivity contribution is -0.124. The molecule has 192 valence electrons. The van der Waals surface area contributed by atoms with Crippen molar-refractivity contribution in [3.05, 3.63) is 48.2 Å². The van der Waals surface area contributed by atoms with Gasteiger partial charge in [0.25, 0.3) is 5.91 Å². The van der Waals surface area contributed by atoms with Crippen LogP contribution in [0.1, 0.15) is 59.8 Å². The molecule has 1 aliphatic rings. The van der Waals surface area contributed by atoms with Gasteiger partial charge in [-0.3, -0.25) is 14.8 Å². The summed E-state index contributed by atoms with van der Waals surface area (Å²) in [6.07, 6.45) is 19.3. The molecule has 1 amide bonds. The monoisotopic (exact) mass is 473 g/mol. The first-order valence-corrected chi connectivity index (χ1v) is 12.2. The van der Waals surface area contributed by atoms with Crippen molar-refractivity contribution in [3.63, 3.8) is 0 Å². The Morgan fingerprint density at radius 1 is 1.15 bits per heavy atom. The lowest BCUT2D eigenvalue weighted by Crippen LogP contribution is -2.39. The van der Waals surface area contributed by atoms with Crippen LogP contribution in [0.4, 0.5) is 0 Å². The molecule has 0 aromatic rings. The number of nitrogens with one attached hydrogen (secondary N) is 3. The zero-order chi connectivity index (χ0) is 26.0. The normalized spacial score (nSPS) is 15.8. The van der Waals surface area contributed by atoms with E-state index in [9.17, 15) is 4.79 Å². The minimum absolute atomic E-state index is 0.00939. The highest BCUT2D eigenvalue weighted by molar-refractivity contribution is 6.43. The Morgan fingerprint density at radius 2 is 1.88 bits per heavy atom. The fourth-order valence-corrected chi connectivity index (χ4v) is 3.01. The second-order valence-corrected chi connectivity index (χ2v) is 7.01. The van der Waals surface area contributed by atoms with Crippen LogP contribution < -0.4 is 10.6 Å². The van der Waals surface area contributed by atoms with Crippen LogP contribution in [0.5, 0.6) is 0 Å². The highest BCUT2D eigenvalue weighted by Gasteiger charge is 2.13. The van der Waals surface area contributed by atoms with Gasteiger partial charge in [0.15, 0.2) is 0 Å². The highest BCUT2D eigenvalue weighted by atomic mass is 16.5. The molecule has 7 nitrogen and oxygen atoms in total. The SMILES string of the molecule is C=N.CC.CC/C=C\C/C(=C\CC)NCCC(=NC)C(=NC)NC(=O)COCC1C=CC=CC1. The van der Waals surface area contributed by atoms with Crippen LogP contribution >= 0.6 is 0 Å². The molecule has 3 N–H and O–H groups in total. The summed E-state index contributed by atoms with van der Waals surface area (Å²) < 4.78 is 5.56. The van der Waals surface area contributed by atoms with Crippen LogP contribution in [0.25, 0.3) is 0 Å². The van der Waals surface area contributed by atoms with E-state index in [2.05, 4.69) is 71.6 Å². The number of rotatable bonds is 13. The summed E-state index contributed by atoms with van der Waals surface area (Å²) >= 11 is 0. The summed E-state index contributed by atoms with van der Waals surface area (Å²) in [7, 11) is 3.38. The molecule has 0 aliphatic heterocycles. The van der Waals surface area contributed by atoms with Gasteiger partial charge in [0, 0.05) is 45.1 Å². The quantitative estimate of drug-likeness (QED) is 0.193. The number of hydrogen-bond donors (Lipinski definition) is 3. The maximum Gasteiger partial charge on any atom is 0.251 e. The summed E-state index contributed by atoms with van der Waals surface area (Å²) in [6.45, 7) is 12.0. The zero-order valence-corrected chi connectivity index (χ0v) is 22.2. The number of hydrogen-bond acceptors (Lipinski definition) is 6. The molecule has 0 saturated carbocycles. The molecule has 0 radical (unpaired) electrons. The Morgan fingerprint density at radius 3 is 2.44 bits per heavy atom. The smallest absolute Gasteiger partial charge is 0.251 e. The lowest BCUT2D eigenvalue weighted by Gasteiger charge is -2.15. The van der Waals surface area contributed by atoms with E-state index in [-0.39, 0.29) is 12.5 Å². The molecular weight excluding hydrogens is 426 g/mol. The van der Waals surface area contributed by atoms with Gasteiger partial charge in [0.05, 0.1) is 12.3 Å². The first-order valence-electron chi connectivity index (χ1n) is 12.2. The van der Waals surface area contributed by atoms with Gasteiger partial charge < -0.3 is 20.8 Å². The molecular formula is C27H47N5O2. The molecule has 0 saturated heterocycles. The van der Waals surface area contributed by atoms with E-state index in [0.29, 0.717) is 24.8 Å². The van der Waals surface area contributed by atoms with E-state index in [0.717, 1.165) is 37.9 Å². The molecule has 0 bridgehead atoms. The molecule has 0 aromatic heterocycles. The van der Waals surface area contributed by atoms with E-state index in [4.69, 9.17) is 10.1 Å². The van der Waals surface area contributed by atoms with Crippen LogP contribution in [-0.2, 0) is 9.53 Å². The number of carbonyl (C=O) groups excluding carboxylic acids is 1. The summed E-state index contributed by atoms with van der Waals surface area (Å²) in [5.74, 6) is 0.620. The standard InChI is InChI=1S/C24H38N4O2.C2H6.CH3N/c1-5-7-9-15-21(12-6-2)27-17-16-22(25-3)24(26-4)28-23(29)19-30-18-20-13-10-8-11-14-20;2*1-2/h7-13,20,27H,5-6,14-19H2,1-4H3,(H,26,28,29);1-2H3;2H,1H2/b9-7-,21-12+,25-22?;;. The number of allylic oxidation sites excluding steroid dienone is 6. The fourth-order valence-electron chi connectivity index (χ4n) is 3.01. The van der Waals surface area contributed by atoms with Crippen molar-refractivity contribution >= 4 is 24.2 Å².